The molecule has 0 radical (unpaired) electrons. The van der Waals surface area contributed by atoms with Crippen molar-refractivity contribution in [2.75, 3.05) is 13.7 Å². The van der Waals surface area contributed by atoms with Gasteiger partial charge >= 0.3 is 5.97 Å². The van der Waals surface area contributed by atoms with E-state index in [2.05, 4.69) is 0 Å². The molecule has 0 aliphatic carbocycles. The Kier molecular flexibility index (Phi) is 7.29. The Balaban J connectivity index is 1.62. The third-order valence-corrected chi connectivity index (χ3v) is 6.16. The van der Waals surface area contributed by atoms with E-state index >= 15 is 0 Å². The highest BCUT2D eigenvalue weighted by molar-refractivity contribution is 5.89. The molecule has 0 bridgehead atoms. The second-order valence-electron chi connectivity index (χ2n) is 8.55. The molecule has 1 aliphatic heterocycles. The first-order valence-electron chi connectivity index (χ1n) is 10.7. The second-order valence-corrected chi connectivity index (χ2v) is 8.55. The van der Waals surface area contributed by atoms with Crippen LogP contribution in [0.1, 0.15) is 48.2 Å². The van der Waals surface area contributed by atoms with Gasteiger partial charge in [0.2, 0.25) is 5.91 Å². The molecular formula is C26H31NO4. The summed E-state index contributed by atoms with van der Waals surface area (Å²) in [7, 11) is 1.36. The van der Waals surface area contributed by atoms with Gasteiger partial charge in [0.15, 0.2) is 0 Å². The molecule has 31 heavy (non-hydrogen) atoms. The summed E-state index contributed by atoms with van der Waals surface area (Å²) in [4.78, 5) is 25.9. The van der Waals surface area contributed by atoms with Crippen molar-refractivity contribution >= 4 is 11.9 Å². The molecule has 1 aliphatic rings. The predicted molar refractivity (Wildman–Crippen MR) is 121 cm³/mol. The Morgan fingerprint density at radius 2 is 1.87 bits per heavy atom. The molecule has 0 aromatic heterocycles. The smallest absolute Gasteiger partial charge is 0.337 e. The summed E-state index contributed by atoms with van der Waals surface area (Å²) < 4.78 is 4.72. The van der Waals surface area contributed by atoms with E-state index in [0.717, 1.165) is 17.5 Å². The number of amides is 1. The highest BCUT2D eigenvalue weighted by atomic mass is 16.5. The van der Waals surface area contributed by atoms with Crippen molar-refractivity contribution in [2.45, 2.75) is 50.7 Å². The Hall–Kier alpha value is -2.92. The zero-order valence-electron chi connectivity index (χ0n) is 18.5. The SMILES string of the molecule is COC(=O)c1ccc(CCN2C(=O)CC[C@@H]2C=CC(O)C(C)(C)c2ccccc2)cc1. The number of aliphatic hydroxyl groups excluding tert-OH is 1. The van der Waals surface area contributed by atoms with Crippen LogP contribution in [0.2, 0.25) is 0 Å². The van der Waals surface area contributed by atoms with Crippen molar-refractivity contribution in [3.05, 3.63) is 83.4 Å². The van der Waals surface area contributed by atoms with Crippen molar-refractivity contribution in [2.24, 2.45) is 0 Å². The van der Waals surface area contributed by atoms with E-state index in [9.17, 15) is 14.7 Å². The average Bonchev–Trinajstić information content (AvgIpc) is 3.15. The average molecular weight is 422 g/mol. The largest absolute Gasteiger partial charge is 0.465 e. The lowest BCUT2D eigenvalue weighted by atomic mass is 9.79. The quantitative estimate of drug-likeness (QED) is 0.519. The van der Waals surface area contributed by atoms with Crippen molar-refractivity contribution in [1.29, 1.82) is 0 Å². The lowest BCUT2D eigenvalue weighted by Gasteiger charge is -2.30. The van der Waals surface area contributed by atoms with Crippen molar-refractivity contribution in [1.82, 2.24) is 4.90 Å². The van der Waals surface area contributed by atoms with Gasteiger partial charge in [0.1, 0.15) is 0 Å². The number of aliphatic hydroxyl groups is 1. The molecule has 164 valence electrons. The third kappa shape index (κ3) is 5.42. The lowest BCUT2D eigenvalue weighted by molar-refractivity contribution is -0.128. The number of benzene rings is 2. The summed E-state index contributed by atoms with van der Waals surface area (Å²) in [5, 5.41) is 10.8. The maximum atomic E-state index is 12.4. The van der Waals surface area contributed by atoms with Gasteiger partial charge in [0.05, 0.1) is 24.8 Å². The molecule has 1 saturated heterocycles. The van der Waals surface area contributed by atoms with Crippen LogP contribution < -0.4 is 0 Å². The summed E-state index contributed by atoms with van der Waals surface area (Å²) in [6.07, 6.45) is 5.13. The number of hydrogen-bond acceptors (Lipinski definition) is 4. The molecule has 0 saturated carbocycles. The molecule has 0 spiro atoms. The normalized spacial score (nSPS) is 17.9. The van der Waals surface area contributed by atoms with Gasteiger partial charge in [-0.2, -0.15) is 0 Å². The van der Waals surface area contributed by atoms with Gasteiger partial charge in [-0.3, -0.25) is 4.79 Å². The molecule has 5 heteroatoms. The number of nitrogens with zero attached hydrogens (tertiary/aromatic N) is 1. The Bertz CT molecular complexity index is 918. The van der Waals surface area contributed by atoms with Gasteiger partial charge in [-0.15, -0.1) is 0 Å². The molecule has 1 N–H and O–H groups in total. The fourth-order valence-electron chi connectivity index (χ4n) is 3.93. The van der Waals surface area contributed by atoms with Crippen molar-refractivity contribution in [3.8, 4) is 0 Å². The Morgan fingerprint density at radius 3 is 2.52 bits per heavy atom. The van der Waals surface area contributed by atoms with E-state index in [1.165, 1.54) is 7.11 Å². The lowest BCUT2D eigenvalue weighted by Crippen LogP contribution is -2.35. The van der Waals surface area contributed by atoms with E-state index in [-0.39, 0.29) is 17.9 Å². The zero-order chi connectivity index (χ0) is 22.4. The summed E-state index contributed by atoms with van der Waals surface area (Å²) in [6, 6.07) is 17.2. The highest BCUT2D eigenvalue weighted by Crippen LogP contribution is 2.29. The molecule has 5 nitrogen and oxygen atoms in total. The van der Waals surface area contributed by atoms with E-state index < -0.39 is 11.5 Å². The molecule has 2 aromatic carbocycles. The van der Waals surface area contributed by atoms with Crippen LogP contribution in [0.25, 0.3) is 0 Å². The first kappa shape index (κ1) is 22.8. The number of methoxy groups -OCH3 is 1. The first-order chi connectivity index (χ1) is 14.8. The zero-order valence-corrected chi connectivity index (χ0v) is 18.5. The predicted octanol–water partition coefficient (Wildman–Crippen LogP) is 3.90. The summed E-state index contributed by atoms with van der Waals surface area (Å²) in [5.41, 5.74) is 2.22. The van der Waals surface area contributed by atoms with Crippen LogP contribution in [-0.4, -0.2) is 47.7 Å². The van der Waals surface area contributed by atoms with Crippen LogP contribution in [0.3, 0.4) is 0 Å². The van der Waals surface area contributed by atoms with Crippen molar-refractivity contribution in [3.63, 3.8) is 0 Å². The standard InChI is InChI=1S/C26H31NO4/c1-26(2,21-7-5-4-6-8-21)23(28)15-13-22-14-16-24(29)27(22)18-17-19-9-11-20(12-10-19)25(30)31-3/h4-13,15,22-23,28H,14,16-18H2,1-3H3/t22-,23?/m0/s1. The van der Waals surface area contributed by atoms with E-state index in [1.807, 2.05) is 73.4 Å². The monoisotopic (exact) mass is 421 g/mol. The molecule has 1 fully saturated rings. The second kappa shape index (κ2) is 9.92. The Morgan fingerprint density at radius 1 is 1.19 bits per heavy atom. The molecule has 1 unspecified atom stereocenters. The fraction of sp³-hybridized carbons (Fsp3) is 0.385. The third-order valence-electron chi connectivity index (χ3n) is 6.16. The van der Waals surface area contributed by atoms with E-state index in [1.54, 1.807) is 12.1 Å². The summed E-state index contributed by atoms with van der Waals surface area (Å²) in [5.74, 6) is -0.221. The number of hydrogen-bond donors (Lipinski definition) is 1. The van der Waals surface area contributed by atoms with Gasteiger partial charge in [-0.25, -0.2) is 4.79 Å². The van der Waals surface area contributed by atoms with Gasteiger partial charge in [0, 0.05) is 18.4 Å². The van der Waals surface area contributed by atoms with Gasteiger partial charge in [0.25, 0.3) is 0 Å². The number of carbonyl (C=O) groups is 2. The van der Waals surface area contributed by atoms with Crippen molar-refractivity contribution < 1.29 is 19.4 Å². The molecule has 2 atom stereocenters. The maximum Gasteiger partial charge on any atom is 0.337 e. The highest BCUT2D eigenvalue weighted by Gasteiger charge is 2.31. The minimum atomic E-state index is -0.654. The van der Waals surface area contributed by atoms with Gasteiger partial charge < -0.3 is 14.7 Å². The Labute approximate surface area is 184 Å². The van der Waals surface area contributed by atoms with E-state index in [0.29, 0.717) is 24.9 Å². The molecule has 1 heterocycles. The van der Waals surface area contributed by atoms with Gasteiger partial charge in [-0.05, 0) is 36.1 Å². The van der Waals surface area contributed by atoms with Gasteiger partial charge in [-0.1, -0.05) is 68.5 Å². The van der Waals surface area contributed by atoms with Crippen LogP contribution in [0.4, 0.5) is 0 Å². The molecule has 2 aromatic rings. The number of rotatable bonds is 8. The number of likely N-dealkylation sites (tertiary alicyclic amines) is 1. The molecule has 3 rings (SSSR count). The van der Waals surface area contributed by atoms with E-state index in [4.69, 9.17) is 4.74 Å². The number of ether oxygens (including phenoxy) is 1. The first-order valence-corrected chi connectivity index (χ1v) is 10.7. The topological polar surface area (TPSA) is 66.8 Å². The number of carbonyl (C=O) groups excluding carboxylic acids is 2. The maximum absolute atomic E-state index is 12.4. The van der Waals surface area contributed by atoms with Crippen LogP contribution in [0.15, 0.2) is 66.7 Å². The van der Waals surface area contributed by atoms with Crippen LogP contribution in [0, 0.1) is 0 Å². The molecule has 1 amide bonds. The number of esters is 1. The van der Waals surface area contributed by atoms with Crippen LogP contribution >= 0.6 is 0 Å². The summed E-state index contributed by atoms with van der Waals surface area (Å²) in [6.45, 7) is 4.64. The summed E-state index contributed by atoms with van der Waals surface area (Å²) >= 11 is 0. The minimum Gasteiger partial charge on any atom is -0.465 e. The fourth-order valence-corrected chi connectivity index (χ4v) is 3.93. The van der Waals surface area contributed by atoms with Crippen LogP contribution in [-0.2, 0) is 21.4 Å². The van der Waals surface area contributed by atoms with Crippen LogP contribution in [0.5, 0.6) is 0 Å². The minimum absolute atomic E-state index is 0.0111. The molecular weight excluding hydrogens is 390 g/mol.